The van der Waals surface area contributed by atoms with Crippen molar-refractivity contribution in [2.45, 2.75) is 44.2 Å². The molecular weight excluding hydrogens is 335 g/mol. The fourth-order valence-corrected chi connectivity index (χ4v) is 5.07. The van der Waals surface area contributed by atoms with Gasteiger partial charge in [-0.25, -0.2) is 0 Å². The molecule has 2 nitrogen and oxygen atoms in total. The third-order valence-electron chi connectivity index (χ3n) is 4.84. The second-order valence-corrected chi connectivity index (χ2v) is 7.48. The molecule has 0 radical (unpaired) electrons. The summed E-state index contributed by atoms with van der Waals surface area (Å²) in [5.41, 5.74) is 2.57. The Labute approximate surface area is 141 Å². The highest BCUT2D eigenvalue weighted by atomic mass is 32.1. The van der Waals surface area contributed by atoms with Crippen LogP contribution in [0.4, 0.5) is 18.2 Å². The molecule has 6 heteroatoms. The van der Waals surface area contributed by atoms with Crippen LogP contribution < -0.4 is 5.32 Å². The third-order valence-corrected chi connectivity index (χ3v) is 6.07. The highest BCUT2D eigenvalue weighted by molar-refractivity contribution is 7.16. The number of thiophene rings is 1. The van der Waals surface area contributed by atoms with Gasteiger partial charge in [0, 0.05) is 17.2 Å². The standard InChI is InChI=1S/C18H16F3NOS/c19-18(20,21)11-7-5-10(6-8-11)13-9-15(23)22-17-16(13)12-3-1-2-4-14(12)24-17/h5-8,13H,1-4,9H2,(H,22,23). The predicted octanol–water partition coefficient (Wildman–Crippen LogP) is 5.12. The van der Waals surface area contributed by atoms with Crippen LogP contribution in [-0.2, 0) is 23.8 Å². The van der Waals surface area contributed by atoms with Gasteiger partial charge in [0.2, 0.25) is 5.91 Å². The Morgan fingerprint density at radius 1 is 1.08 bits per heavy atom. The lowest BCUT2D eigenvalue weighted by Crippen LogP contribution is -2.23. The van der Waals surface area contributed by atoms with Gasteiger partial charge in [0.05, 0.1) is 10.6 Å². The van der Waals surface area contributed by atoms with Gasteiger partial charge in [0.15, 0.2) is 0 Å². The summed E-state index contributed by atoms with van der Waals surface area (Å²) >= 11 is 1.64. The maximum absolute atomic E-state index is 12.8. The van der Waals surface area contributed by atoms with Crippen molar-refractivity contribution in [3.8, 4) is 0 Å². The van der Waals surface area contributed by atoms with E-state index in [1.807, 2.05) is 0 Å². The first-order chi connectivity index (χ1) is 11.4. The molecule has 0 spiro atoms. The monoisotopic (exact) mass is 351 g/mol. The van der Waals surface area contributed by atoms with Crippen molar-refractivity contribution in [2.75, 3.05) is 5.32 Å². The SMILES string of the molecule is O=C1CC(c2ccc(C(F)(F)F)cc2)c2c(sc3c2CCCC3)N1. The third kappa shape index (κ3) is 2.62. The molecular formula is C18H16F3NOS. The van der Waals surface area contributed by atoms with Crippen LogP contribution in [0.3, 0.4) is 0 Å². The average Bonchev–Trinajstić information content (AvgIpc) is 2.91. The zero-order valence-corrected chi connectivity index (χ0v) is 13.7. The molecule has 1 aliphatic heterocycles. The van der Waals surface area contributed by atoms with Crippen LogP contribution in [0.15, 0.2) is 24.3 Å². The Hall–Kier alpha value is -1.82. The second kappa shape index (κ2) is 5.62. The van der Waals surface area contributed by atoms with Crippen molar-refractivity contribution >= 4 is 22.2 Å². The smallest absolute Gasteiger partial charge is 0.317 e. The lowest BCUT2D eigenvalue weighted by molar-refractivity contribution is -0.137. The van der Waals surface area contributed by atoms with Gasteiger partial charge in [0.25, 0.3) is 0 Å². The number of amides is 1. The first-order valence-electron chi connectivity index (χ1n) is 8.05. The van der Waals surface area contributed by atoms with E-state index in [1.165, 1.54) is 22.6 Å². The minimum atomic E-state index is -4.34. The molecule has 1 atom stereocenters. The van der Waals surface area contributed by atoms with Gasteiger partial charge in [-0.2, -0.15) is 13.2 Å². The fraction of sp³-hybridized carbons (Fsp3) is 0.389. The predicted molar refractivity (Wildman–Crippen MR) is 87.5 cm³/mol. The van der Waals surface area contributed by atoms with E-state index in [1.54, 1.807) is 11.3 Å². The van der Waals surface area contributed by atoms with Crippen molar-refractivity contribution in [1.82, 2.24) is 0 Å². The number of halogens is 3. The minimum absolute atomic E-state index is 0.0639. The number of hydrogen-bond donors (Lipinski definition) is 1. The fourth-order valence-electron chi connectivity index (χ4n) is 3.71. The Morgan fingerprint density at radius 3 is 2.50 bits per heavy atom. The van der Waals surface area contributed by atoms with Gasteiger partial charge in [-0.3, -0.25) is 4.79 Å². The molecule has 1 unspecified atom stereocenters. The molecule has 2 aliphatic rings. The van der Waals surface area contributed by atoms with Gasteiger partial charge >= 0.3 is 6.18 Å². The van der Waals surface area contributed by atoms with E-state index in [2.05, 4.69) is 5.32 Å². The summed E-state index contributed by atoms with van der Waals surface area (Å²) in [5, 5.41) is 3.84. The molecule has 1 N–H and O–H groups in total. The molecule has 24 heavy (non-hydrogen) atoms. The lowest BCUT2D eigenvalue weighted by Gasteiger charge is -2.25. The number of hydrogen-bond acceptors (Lipinski definition) is 2. The molecule has 0 saturated heterocycles. The van der Waals surface area contributed by atoms with E-state index in [0.717, 1.165) is 53.9 Å². The number of nitrogens with one attached hydrogen (secondary N) is 1. The number of rotatable bonds is 1. The van der Waals surface area contributed by atoms with E-state index < -0.39 is 11.7 Å². The molecule has 1 aliphatic carbocycles. The number of alkyl halides is 3. The van der Waals surface area contributed by atoms with Crippen LogP contribution in [-0.4, -0.2) is 5.91 Å². The van der Waals surface area contributed by atoms with Crippen molar-refractivity contribution < 1.29 is 18.0 Å². The number of carbonyl (C=O) groups excluding carboxylic acids is 1. The quantitative estimate of drug-likeness (QED) is 0.759. The molecule has 1 amide bonds. The molecule has 1 aromatic heterocycles. The Morgan fingerprint density at radius 2 is 1.79 bits per heavy atom. The van der Waals surface area contributed by atoms with Crippen LogP contribution >= 0.6 is 11.3 Å². The zero-order chi connectivity index (χ0) is 16.9. The number of fused-ring (bicyclic) bond motifs is 3. The first-order valence-corrected chi connectivity index (χ1v) is 8.86. The molecule has 126 valence electrons. The molecule has 2 heterocycles. The minimum Gasteiger partial charge on any atom is -0.317 e. The largest absolute Gasteiger partial charge is 0.416 e. The molecule has 0 fully saturated rings. The van der Waals surface area contributed by atoms with E-state index in [9.17, 15) is 18.0 Å². The second-order valence-electron chi connectivity index (χ2n) is 6.38. The van der Waals surface area contributed by atoms with Crippen LogP contribution in [0.5, 0.6) is 0 Å². The van der Waals surface area contributed by atoms with Crippen LogP contribution in [0.2, 0.25) is 0 Å². The van der Waals surface area contributed by atoms with Crippen molar-refractivity contribution in [3.05, 3.63) is 51.4 Å². The summed E-state index contributed by atoms with van der Waals surface area (Å²) in [4.78, 5) is 13.4. The normalized spacial score (nSPS) is 20.3. The Kier molecular flexibility index (Phi) is 3.67. The van der Waals surface area contributed by atoms with Gasteiger partial charge in [-0.05, 0) is 54.5 Å². The van der Waals surface area contributed by atoms with Gasteiger partial charge in [-0.15, -0.1) is 11.3 Å². The van der Waals surface area contributed by atoms with Gasteiger partial charge in [-0.1, -0.05) is 12.1 Å². The van der Waals surface area contributed by atoms with E-state index in [4.69, 9.17) is 0 Å². The van der Waals surface area contributed by atoms with Crippen molar-refractivity contribution in [2.24, 2.45) is 0 Å². The van der Waals surface area contributed by atoms with Crippen LogP contribution in [0.25, 0.3) is 0 Å². The van der Waals surface area contributed by atoms with E-state index >= 15 is 0 Å². The topological polar surface area (TPSA) is 29.1 Å². The molecule has 0 saturated carbocycles. The van der Waals surface area contributed by atoms with E-state index in [0.29, 0.717) is 6.42 Å². The summed E-state index contributed by atoms with van der Waals surface area (Å²) in [6.07, 6.45) is 0.266. The highest BCUT2D eigenvalue weighted by Gasteiger charge is 2.34. The van der Waals surface area contributed by atoms with E-state index in [-0.39, 0.29) is 11.8 Å². The number of benzene rings is 1. The summed E-state index contributed by atoms with van der Waals surface area (Å²) < 4.78 is 38.3. The summed E-state index contributed by atoms with van der Waals surface area (Å²) in [6.45, 7) is 0. The first kappa shape index (κ1) is 15.7. The van der Waals surface area contributed by atoms with Gasteiger partial charge in [0.1, 0.15) is 0 Å². The Balaban J connectivity index is 1.77. The maximum atomic E-state index is 12.8. The maximum Gasteiger partial charge on any atom is 0.416 e. The lowest BCUT2D eigenvalue weighted by atomic mass is 9.82. The van der Waals surface area contributed by atoms with Crippen molar-refractivity contribution in [3.63, 3.8) is 0 Å². The van der Waals surface area contributed by atoms with Crippen molar-refractivity contribution in [1.29, 1.82) is 0 Å². The highest BCUT2D eigenvalue weighted by Crippen LogP contribution is 2.47. The van der Waals surface area contributed by atoms with Gasteiger partial charge < -0.3 is 5.32 Å². The zero-order valence-electron chi connectivity index (χ0n) is 12.9. The number of carbonyl (C=O) groups is 1. The summed E-state index contributed by atoms with van der Waals surface area (Å²) in [5.74, 6) is -0.208. The molecule has 0 bridgehead atoms. The molecule has 1 aromatic carbocycles. The summed E-state index contributed by atoms with van der Waals surface area (Å²) in [6, 6.07) is 5.26. The number of aryl methyl sites for hydroxylation is 1. The average molecular weight is 351 g/mol. The molecule has 2 aromatic rings. The summed E-state index contributed by atoms with van der Waals surface area (Å²) in [7, 11) is 0. The van der Waals surface area contributed by atoms with Crippen LogP contribution in [0.1, 0.15) is 52.3 Å². The van der Waals surface area contributed by atoms with Crippen LogP contribution in [0, 0.1) is 0 Å². The number of anilines is 1. The Bertz CT molecular complexity index is 792. The molecule has 4 rings (SSSR count).